The number of hydrogen-bond acceptors (Lipinski definition) is 3. The molecule has 0 aromatic heterocycles. The van der Waals surface area contributed by atoms with Crippen molar-refractivity contribution >= 4 is 0 Å². The van der Waals surface area contributed by atoms with Gasteiger partial charge in [0.1, 0.15) is 0 Å². The number of ether oxygens (including phenoxy) is 3. The summed E-state index contributed by atoms with van der Waals surface area (Å²) in [4.78, 5) is 0. The molecule has 20 heavy (non-hydrogen) atoms. The summed E-state index contributed by atoms with van der Waals surface area (Å²) in [6.07, 6.45) is 8.49. The van der Waals surface area contributed by atoms with Crippen LogP contribution < -0.4 is 0 Å². The number of rotatable bonds is 11. The lowest BCUT2D eigenvalue weighted by atomic mass is 10.1. The van der Waals surface area contributed by atoms with Crippen LogP contribution in [0.1, 0.15) is 45.4 Å². The highest BCUT2D eigenvalue weighted by molar-refractivity contribution is 5.03. The van der Waals surface area contributed by atoms with Gasteiger partial charge in [-0.25, -0.2) is 0 Å². The third-order valence-electron chi connectivity index (χ3n) is 3.38. The van der Waals surface area contributed by atoms with Gasteiger partial charge in [-0.05, 0) is 38.5 Å². The largest absolute Gasteiger partial charge is 0.381 e. The highest BCUT2D eigenvalue weighted by atomic mass is 16.5. The summed E-state index contributed by atoms with van der Waals surface area (Å²) in [5, 5.41) is 0. The molecule has 0 aromatic rings. The van der Waals surface area contributed by atoms with Crippen LogP contribution in [0.5, 0.6) is 0 Å². The maximum absolute atomic E-state index is 5.65. The van der Waals surface area contributed by atoms with Crippen molar-refractivity contribution in [2.75, 3.05) is 39.6 Å². The van der Waals surface area contributed by atoms with E-state index in [2.05, 4.69) is 19.6 Å². The summed E-state index contributed by atoms with van der Waals surface area (Å²) in [5.74, 6) is 0. The zero-order chi connectivity index (χ0) is 14.5. The molecule has 1 rings (SSSR count). The number of hydrogen-bond donors (Lipinski definition) is 0. The van der Waals surface area contributed by atoms with E-state index in [1.54, 1.807) is 0 Å². The summed E-state index contributed by atoms with van der Waals surface area (Å²) in [7, 11) is 0. The van der Waals surface area contributed by atoms with Gasteiger partial charge in [-0.2, -0.15) is 0 Å². The van der Waals surface area contributed by atoms with E-state index in [1.165, 1.54) is 11.1 Å². The highest BCUT2D eigenvalue weighted by Gasteiger charge is 2.04. The Morgan fingerprint density at radius 2 is 1.75 bits per heavy atom. The van der Waals surface area contributed by atoms with Crippen molar-refractivity contribution in [2.24, 2.45) is 0 Å². The Morgan fingerprint density at radius 3 is 2.40 bits per heavy atom. The molecular formula is C17H30O3. The summed E-state index contributed by atoms with van der Waals surface area (Å²) in [6.45, 7) is 11.2. The summed E-state index contributed by atoms with van der Waals surface area (Å²) < 4.78 is 16.4. The van der Waals surface area contributed by atoms with Crippen LogP contribution in [-0.4, -0.2) is 39.6 Å². The predicted molar refractivity (Wildman–Crippen MR) is 83.1 cm³/mol. The monoisotopic (exact) mass is 282 g/mol. The smallest absolute Gasteiger partial charge is 0.0503 e. The molecular weight excluding hydrogens is 252 g/mol. The molecule has 0 radical (unpaired) electrons. The molecule has 0 bridgehead atoms. The van der Waals surface area contributed by atoms with Crippen LogP contribution in [0.4, 0.5) is 0 Å². The fourth-order valence-electron chi connectivity index (χ4n) is 2.09. The lowest BCUT2D eigenvalue weighted by molar-refractivity contribution is 0.117. The van der Waals surface area contributed by atoms with E-state index in [1.807, 2.05) is 0 Å². The van der Waals surface area contributed by atoms with Crippen LogP contribution in [0.15, 0.2) is 23.8 Å². The van der Waals surface area contributed by atoms with Crippen molar-refractivity contribution in [1.82, 2.24) is 0 Å². The third-order valence-corrected chi connectivity index (χ3v) is 3.38. The van der Waals surface area contributed by atoms with E-state index in [4.69, 9.17) is 14.2 Å². The van der Waals surface area contributed by atoms with E-state index in [0.717, 1.165) is 78.2 Å². The Labute approximate surface area is 124 Å². The molecule has 0 aromatic carbocycles. The zero-order valence-corrected chi connectivity index (χ0v) is 13.0. The standard InChI is InChI=1S/C17H30O3/c1-3-10-18-12-6-16(2)7-13-19-11-4-5-17-8-14-20-15-9-17/h5H,2-4,6-15H2,1H3. The highest BCUT2D eigenvalue weighted by Crippen LogP contribution is 2.13. The maximum atomic E-state index is 5.65. The quantitative estimate of drug-likeness (QED) is 0.425. The van der Waals surface area contributed by atoms with E-state index in [-0.39, 0.29) is 0 Å². The van der Waals surface area contributed by atoms with Crippen molar-refractivity contribution in [2.45, 2.75) is 45.4 Å². The second-order valence-corrected chi connectivity index (χ2v) is 5.24. The van der Waals surface area contributed by atoms with Gasteiger partial charge in [0.05, 0.1) is 33.0 Å². The Morgan fingerprint density at radius 1 is 1.10 bits per heavy atom. The molecule has 1 heterocycles. The van der Waals surface area contributed by atoms with Crippen molar-refractivity contribution in [1.29, 1.82) is 0 Å². The Hall–Kier alpha value is -0.640. The van der Waals surface area contributed by atoms with Crippen molar-refractivity contribution in [3.63, 3.8) is 0 Å². The molecule has 0 amide bonds. The van der Waals surface area contributed by atoms with Gasteiger partial charge in [0.25, 0.3) is 0 Å². The Balaban J connectivity index is 1.89. The summed E-state index contributed by atoms with van der Waals surface area (Å²) in [5.41, 5.74) is 2.75. The van der Waals surface area contributed by atoms with Crippen LogP contribution in [0.2, 0.25) is 0 Å². The first kappa shape index (κ1) is 17.4. The van der Waals surface area contributed by atoms with Crippen LogP contribution in [0.3, 0.4) is 0 Å². The molecule has 1 fully saturated rings. The molecule has 0 atom stereocenters. The normalized spacial score (nSPS) is 15.3. The van der Waals surface area contributed by atoms with Gasteiger partial charge in [-0.15, -0.1) is 0 Å². The molecule has 1 aliphatic rings. The minimum absolute atomic E-state index is 0.777. The molecule has 0 unspecified atom stereocenters. The fraction of sp³-hybridized carbons (Fsp3) is 0.765. The zero-order valence-electron chi connectivity index (χ0n) is 13.0. The lowest BCUT2D eigenvalue weighted by Crippen LogP contribution is -2.07. The first-order valence-electron chi connectivity index (χ1n) is 7.90. The van der Waals surface area contributed by atoms with Gasteiger partial charge in [0.2, 0.25) is 0 Å². The van der Waals surface area contributed by atoms with Crippen LogP contribution in [-0.2, 0) is 14.2 Å². The van der Waals surface area contributed by atoms with Crippen LogP contribution in [0.25, 0.3) is 0 Å². The molecule has 0 spiro atoms. The van der Waals surface area contributed by atoms with Crippen molar-refractivity contribution in [3.05, 3.63) is 23.8 Å². The van der Waals surface area contributed by atoms with E-state index in [9.17, 15) is 0 Å². The first-order chi connectivity index (χ1) is 9.83. The second kappa shape index (κ2) is 12.1. The maximum Gasteiger partial charge on any atom is 0.0503 e. The van der Waals surface area contributed by atoms with Crippen molar-refractivity contribution in [3.8, 4) is 0 Å². The minimum atomic E-state index is 0.777. The molecule has 0 N–H and O–H groups in total. The molecule has 1 aliphatic heterocycles. The van der Waals surface area contributed by atoms with Crippen molar-refractivity contribution < 1.29 is 14.2 Å². The SMILES string of the molecule is C=C(CCOCCC)CCOCCC=C1CCOCC1. The van der Waals surface area contributed by atoms with Crippen LogP contribution >= 0.6 is 0 Å². The van der Waals surface area contributed by atoms with Crippen LogP contribution in [0, 0.1) is 0 Å². The molecule has 3 heteroatoms. The lowest BCUT2D eigenvalue weighted by Gasteiger charge is -2.14. The van der Waals surface area contributed by atoms with Gasteiger partial charge in [0.15, 0.2) is 0 Å². The minimum Gasteiger partial charge on any atom is -0.381 e. The van der Waals surface area contributed by atoms with E-state index < -0.39 is 0 Å². The summed E-state index contributed by atoms with van der Waals surface area (Å²) in [6, 6.07) is 0. The second-order valence-electron chi connectivity index (χ2n) is 5.24. The van der Waals surface area contributed by atoms with Gasteiger partial charge in [-0.1, -0.05) is 30.7 Å². The average molecular weight is 282 g/mol. The van der Waals surface area contributed by atoms with E-state index in [0.29, 0.717) is 0 Å². The van der Waals surface area contributed by atoms with Gasteiger partial charge < -0.3 is 14.2 Å². The van der Waals surface area contributed by atoms with E-state index >= 15 is 0 Å². The summed E-state index contributed by atoms with van der Waals surface area (Å²) >= 11 is 0. The Bertz CT molecular complexity index is 276. The molecule has 3 nitrogen and oxygen atoms in total. The van der Waals surface area contributed by atoms with Gasteiger partial charge in [0, 0.05) is 6.61 Å². The predicted octanol–water partition coefficient (Wildman–Crippen LogP) is 3.89. The average Bonchev–Trinajstić information content (AvgIpc) is 2.48. The van der Waals surface area contributed by atoms with Gasteiger partial charge >= 0.3 is 0 Å². The molecule has 1 saturated heterocycles. The first-order valence-corrected chi connectivity index (χ1v) is 7.90. The third kappa shape index (κ3) is 9.29. The van der Waals surface area contributed by atoms with Gasteiger partial charge in [-0.3, -0.25) is 0 Å². The fourth-order valence-corrected chi connectivity index (χ4v) is 2.09. The topological polar surface area (TPSA) is 27.7 Å². The Kier molecular flexibility index (Phi) is 10.6. The molecule has 116 valence electrons. The molecule has 0 saturated carbocycles. The molecule has 0 aliphatic carbocycles.